The van der Waals surface area contributed by atoms with Gasteiger partial charge in [0, 0.05) is 6.04 Å². The zero-order valence-corrected chi connectivity index (χ0v) is 11.1. The first-order valence-electron chi connectivity index (χ1n) is 6.67. The summed E-state index contributed by atoms with van der Waals surface area (Å²) in [5.74, 6) is -0.212. The van der Waals surface area contributed by atoms with Crippen molar-refractivity contribution < 1.29 is 4.79 Å². The third-order valence-electron chi connectivity index (χ3n) is 3.04. The van der Waals surface area contributed by atoms with Gasteiger partial charge in [0.15, 0.2) is 0 Å². The fourth-order valence-corrected chi connectivity index (χ4v) is 1.72. The lowest BCUT2D eigenvalue weighted by Gasteiger charge is -2.19. The average Bonchev–Trinajstić information content (AvgIpc) is 2.26. The first-order valence-corrected chi connectivity index (χ1v) is 6.67. The zero-order chi connectivity index (χ0) is 12.4. The van der Waals surface area contributed by atoms with Gasteiger partial charge in [-0.2, -0.15) is 0 Å². The summed E-state index contributed by atoms with van der Waals surface area (Å²) in [7, 11) is 0. The second-order valence-corrected chi connectivity index (χ2v) is 4.63. The molecule has 0 aliphatic carbocycles. The summed E-state index contributed by atoms with van der Waals surface area (Å²) in [4.78, 5) is 11.2. The van der Waals surface area contributed by atoms with E-state index in [0.29, 0.717) is 6.04 Å². The number of rotatable bonds is 10. The Labute approximate surface area is 100 Å². The SMILES string of the molecule is CCCCCCCC(NC(C)CC)C(N)=O. The highest BCUT2D eigenvalue weighted by atomic mass is 16.1. The van der Waals surface area contributed by atoms with Crippen LogP contribution >= 0.6 is 0 Å². The minimum absolute atomic E-state index is 0.142. The maximum atomic E-state index is 11.2. The van der Waals surface area contributed by atoms with Crippen LogP contribution in [0, 0.1) is 0 Å². The second-order valence-electron chi connectivity index (χ2n) is 4.63. The van der Waals surface area contributed by atoms with Crippen molar-refractivity contribution in [1.29, 1.82) is 0 Å². The number of carbonyl (C=O) groups is 1. The zero-order valence-electron chi connectivity index (χ0n) is 11.1. The average molecular weight is 228 g/mol. The minimum Gasteiger partial charge on any atom is -0.368 e. The molecule has 0 bridgehead atoms. The first kappa shape index (κ1) is 15.4. The van der Waals surface area contributed by atoms with Crippen LogP contribution in [0.1, 0.15) is 65.7 Å². The molecule has 16 heavy (non-hydrogen) atoms. The van der Waals surface area contributed by atoms with Crippen molar-refractivity contribution in [2.75, 3.05) is 0 Å². The van der Waals surface area contributed by atoms with E-state index in [9.17, 15) is 4.79 Å². The molecule has 0 heterocycles. The molecule has 0 aromatic heterocycles. The van der Waals surface area contributed by atoms with Gasteiger partial charge in [0.25, 0.3) is 0 Å². The number of nitrogens with one attached hydrogen (secondary N) is 1. The summed E-state index contributed by atoms with van der Waals surface area (Å²) in [5.41, 5.74) is 5.38. The Morgan fingerprint density at radius 1 is 1.19 bits per heavy atom. The van der Waals surface area contributed by atoms with Crippen molar-refractivity contribution >= 4 is 5.91 Å². The summed E-state index contributed by atoms with van der Waals surface area (Å²) in [6.45, 7) is 6.40. The van der Waals surface area contributed by atoms with Gasteiger partial charge in [-0.3, -0.25) is 4.79 Å². The smallest absolute Gasteiger partial charge is 0.234 e. The van der Waals surface area contributed by atoms with E-state index in [1.807, 2.05) is 0 Å². The van der Waals surface area contributed by atoms with E-state index in [1.165, 1.54) is 25.7 Å². The Morgan fingerprint density at radius 3 is 2.31 bits per heavy atom. The van der Waals surface area contributed by atoms with Crippen molar-refractivity contribution in [3.05, 3.63) is 0 Å². The molecule has 0 spiro atoms. The molecule has 0 aliphatic rings. The molecule has 2 unspecified atom stereocenters. The van der Waals surface area contributed by atoms with Crippen molar-refractivity contribution in [1.82, 2.24) is 5.32 Å². The lowest BCUT2D eigenvalue weighted by molar-refractivity contribution is -0.120. The normalized spacial score (nSPS) is 14.7. The Balaban J connectivity index is 3.73. The highest BCUT2D eigenvalue weighted by Crippen LogP contribution is 2.08. The van der Waals surface area contributed by atoms with Gasteiger partial charge in [0.1, 0.15) is 0 Å². The van der Waals surface area contributed by atoms with Crippen LogP contribution in [0.5, 0.6) is 0 Å². The summed E-state index contributed by atoms with van der Waals surface area (Å²) in [6, 6.07) is 0.227. The lowest BCUT2D eigenvalue weighted by atomic mass is 10.0. The Kier molecular flexibility index (Phi) is 9.30. The monoisotopic (exact) mass is 228 g/mol. The van der Waals surface area contributed by atoms with E-state index >= 15 is 0 Å². The quantitative estimate of drug-likeness (QED) is 0.565. The van der Waals surface area contributed by atoms with Crippen LogP contribution in [0.3, 0.4) is 0 Å². The van der Waals surface area contributed by atoms with E-state index in [4.69, 9.17) is 5.73 Å². The highest BCUT2D eigenvalue weighted by Gasteiger charge is 2.15. The van der Waals surface area contributed by atoms with Gasteiger partial charge in [0.05, 0.1) is 6.04 Å². The standard InChI is InChI=1S/C13H28N2O/c1-4-6-7-8-9-10-12(13(14)16)15-11(3)5-2/h11-12,15H,4-10H2,1-3H3,(H2,14,16). The number of nitrogens with two attached hydrogens (primary N) is 1. The molecule has 0 fully saturated rings. The molecule has 0 radical (unpaired) electrons. The number of primary amides is 1. The molecule has 3 heteroatoms. The summed E-state index contributed by atoms with van der Waals surface area (Å²) >= 11 is 0. The maximum absolute atomic E-state index is 11.2. The first-order chi connectivity index (χ1) is 7.61. The predicted molar refractivity (Wildman–Crippen MR) is 69.2 cm³/mol. The number of unbranched alkanes of at least 4 members (excludes halogenated alkanes) is 4. The summed E-state index contributed by atoms with van der Waals surface area (Å²) < 4.78 is 0. The van der Waals surface area contributed by atoms with Crippen molar-refractivity contribution in [2.24, 2.45) is 5.73 Å². The van der Waals surface area contributed by atoms with Crippen LogP contribution < -0.4 is 11.1 Å². The third kappa shape index (κ3) is 7.69. The molecule has 0 aliphatic heterocycles. The molecule has 1 amide bonds. The molecular weight excluding hydrogens is 200 g/mol. The molecule has 0 saturated heterocycles. The Hall–Kier alpha value is -0.570. The van der Waals surface area contributed by atoms with Gasteiger partial charge in [0.2, 0.25) is 5.91 Å². The summed E-state index contributed by atoms with van der Waals surface area (Å²) in [6.07, 6.45) is 8.02. The molecule has 0 aromatic rings. The van der Waals surface area contributed by atoms with Crippen molar-refractivity contribution in [3.8, 4) is 0 Å². The maximum Gasteiger partial charge on any atom is 0.234 e. The molecule has 0 saturated carbocycles. The van der Waals surface area contributed by atoms with E-state index in [0.717, 1.165) is 19.3 Å². The molecule has 96 valence electrons. The van der Waals surface area contributed by atoms with E-state index in [1.54, 1.807) is 0 Å². The van der Waals surface area contributed by atoms with Crippen LogP contribution in [0.25, 0.3) is 0 Å². The van der Waals surface area contributed by atoms with Crippen LogP contribution in [0.2, 0.25) is 0 Å². The molecule has 0 aromatic carbocycles. The fraction of sp³-hybridized carbons (Fsp3) is 0.923. The topological polar surface area (TPSA) is 55.1 Å². The van der Waals surface area contributed by atoms with Gasteiger partial charge < -0.3 is 11.1 Å². The van der Waals surface area contributed by atoms with Gasteiger partial charge in [-0.25, -0.2) is 0 Å². The Bertz CT molecular complexity index is 183. The van der Waals surface area contributed by atoms with Gasteiger partial charge in [-0.1, -0.05) is 46.0 Å². The van der Waals surface area contributed by atoms with E-state index in [2.05, 4.69) is 26.1 Å². The van der Waals surface area contributed by atoms with Crippen LogP contribution in [-0.4, -0.2) is 18.0 Å². The number of hydrogen-bond donors (Lipinski definition) is 2. The molecule has 3 nitrogen and oxygen atoms in total. The molecule has 0 rings (SSSR count). The number of amides is 1. The van der Waals surface area contributed by atoms with Crippen molar-refractivity contribution in [3.63, 3.8) is 0 Å². The second kappa shape index (κ2) is 9.64. The van der Waals surface area contributed by atoms with Gasteiger partial charge in [-0.05, 0) is 19.8 Å². The largest absolute Gasteiger partial charge is 0.368 e. The van der Waals surface area contributed by atoms with E-state index in [-0.39, 0.29) is 11.9 Å². The van der Waals surface area contributed by atoms with Gasteiger partial charge in [-0.15, -0.1) is 0 Å². The van der Waals surface area contributed by atoms with Crippen LogP contribution in [0.15, 0.2) is 0 Å². The third-order valence-corrected chi connectivity index (χ3v) is 3.04. The predicted octanol–water partition coefficient (Wildman–Crippen LogP) is 2.59. The number of carbonyl (C=O) groups excluding carboxylic acids is 1. The minimum atomic E-state index is -0.212. The van der Waals surface area contributed by atoms with Crippen molar-refractivity contribution in [2.45, 2.75) is 77.8 Å². The lowest BCUT2D eigenvalue weighted by Crippen LogP contribution is -2.45. The van der Waals surface area contributed by atoms with Crippen LogP contribution in [-0.2, 0) is 4.79 Å². The summed E-state index contributed by atoms with van der Waals surface area (Å²) in [5, 5.41) is 3.28. The molecule has 3 N–H and O–H groups in total. The fourth-order valence-electron chi connectivity index (χ4n) is 1.72. The number of hydrogen-bond acceptors (Lipinski definition) is 2. The highest BCUT2D eigenvalue weighted by molar-refractivity contribution is 5.79. The molecule has 2 atom stereocenters. The van der Waals surface area contributed by atoms with Gasteiger partial charge >= 0.3 is 0 Å². The Morgan fingerprint density at radius 2 is 1.81 bits per heavy atom. The van der Waals surface area contributed by atoms with Crippen LogP contribution in [0.4, 0.5) is 0 Å². The van der Waals surface area contributed by atoms with E-state index < -0.39 is 0 Å². The molecular formula is C13H28N2O.